The van der Waals surface area contributed by atoms with Gasteiger partial charge in [0.25, 0.3) is 5.91 Å². The second kappa shape index (κ2) is 13.1. The van der Waals surface area contributed by atoms with Crippen molar-refractivity contribution >= 4 is 41.1 Å². The van der Waals surface area contributed by atoms with Crippen molar-refractivity contribution in [1.29, 1.82) is 0 Å². The number of nitrogens with zero attached hydrogens (tertiary/aromatic N) is 1. The summed E-state index contributed by atoms with van der Waals surface area (Å²) in [4.78, 5) is 40.9. The average molecular weight is 593 g/mol. The summed E-state index contributed by atoms with van der Waals surface area (Å²) < 4.78 is 16.8. The molecule has 8 nitrogen and oxygen atoms in total. The van der Waals surface area contributed by atoms with Crippen LogP contribution >= 0.6 is 23.4 Å². The number of carbonyl (C=O) groups is 3. The first-order valence-corrected chi connectivity index (χ1v) is 14.6. The van der Waals surface area contributed by atoms with Gasteiger partial charge in [-0.2, -0.15) is 0 Å². The Bertz CT molecular complexity index is 1430. The molecule has 3 aromatic carbocycles. The quantitative estimate of drug-likeness (QED) is 0.200. The predicted molar refractivity (Wildman–Crippen MR) is 156 cm³/mol. The molecule has 0 spiro atoms. The summed E-state index contributed by atoms with van der Waals surface area (Å²) >= 11 is 7.36. The van der Waals surface area contributed by atoms with Gasteiger partial charge in [-0.15, -0.1) is 23.4 Å². The van der Waals surface area contributed by atoms with E-state index >= 15 is 0 Å². The minimum absolute atomic E-state index is 0.0252. The van der Waals surface area contributed by atoms with E-state index in [-0.39, 0.29) is 37.1 Å². The molecule has 1 fully saturated rings. The van der Waals surface area contributed by atoms with Crippen LogP contribution in [0.3, 0.4) is 0 Å². The van der Waals surface area contributed by atoms with Gasteiger partial charge >= 0.3 is 5.97 Å². The van der Waals surface area contributed by atoms with Gasteiger partial charge in [-0.25, -0.2) is 4.79 Å². The number of fused-ring (bicyclic) bond motifs is 1. The maximum atomic E-state index is 13.4. The molecule has 3 aromatic rings. The molecule has 0 radical (unpaired) electrons. The number of hydrogen-bond donors (Lipinski definition) is 1. The first kappa shape index (κ1) is 28.6. The number of rotatable bonds is 11. The van der Waals surface area contributed by atoms with E-state index in [1.807, 2.05) is 66.7 Å². The lowest BCUT2D eigenvalue weighted by molar-refractivity contribution is -0.153. The first-order chi connectivity index (χ1) is 20.0. The number of β-lactam (4-membered cyclic amide) rings is 1. The number of benzene rings is 3. The second-order valence-corrected chi connectivity index (χ2v) is 10.9. The van der Waals surface area contributed by atoms with Crippen LogP contribution in [0.5, 0.6) is 11.5 Å². The fraction of sp³-hybridized carbons (Fsp3) is 0.258. The molecule has 1 saturated heterocycles. The molecule has 2 aliphatic rings. The number of thioether (sulfide) groups is 1. The molecular formula is C31H29ClN2O6S. The molecule has 2 amide bonds. The SMILES string of the molecule is COc1ccc(COC(=O)C2=C(COc3ccc(CCl)cc3)CSC3C(NC(=O)Cc4ccccc4)C(=O)N23)cc1. The topological polar surface area (TPSA) is 94.2 Å². The number of nitrogens with one attached hydrogen (secondary N) is 1. The Morgan fingerprint density at radius 2 is 1.61 bits per heavy atom. The summed E-state index contributed by atoms with van der Waals surface area (Å²) in [6.07, 6.45) is 0.163. The van der Waals surface area contributed by atoms with Gasteiger partial charge in [0, 0.05) is 17.2 Å². The van der Waals surface area contributed by atoms with E-state index in [0.29, 0.717) is 28.7 Å². The van der Waals surface area contributed by atoms with Gasteiger partial charge in [0.05, 0.1) is 13.5 Å². The van der Waals surface area contributed by atoms with Gasteiger partial charge in [0.15, 0.2) is 0 Å². The van der Waals surface area contributed by atoms with Crippen molar-refractivity contribution in [3.05, 3.63) is 107 Å². The van der Waals surface area contributed by atoms with Crippen LogP contribution in [0.15, 0.2) is 90.1 Å². The lowest BCUT2D eigenvalue weighted by Gasteiger charge is -2.49. The fourth-order valence-electron chi connectivity index (χ4n) is 4.57. The highest BCUT2D eigenvalue weighted by molar-refractivity contribution is 8.00. The van der Waals surface area contributed by atoms with Crippen molar-refractivity contribution in [2.45, 2.75) is 30.3 Å². The fourth-order valence-corrected chi connectivity index (χ4v) is 6.08. The number of alkyl halides is 1. The van der Waals surface area contributed by atoms with Crippen molar-refractivity contribution in [2.24, 2.45) is 0 Å². The molecule has 2 heterocycles. The Balaban J connectivity index is 1.31. The zero-order valence-corrected chi connectivity index (χ0v) is 24.0. The molecular weight excluding hydrogens is 564 g/mol. The maximum absolute atomic E-state index is 13.4. The highest BCUT2D eigenvalue weighted by atomic mass is 35.5. The third-order valence-electron chi connectivity index (χ3n) is 6.78. The van der Waals surface area contributed by atoms with Crippen molar-refractivity contribution in [3.8, 4) is 11.5 Å². The van der Waals surface area contributed by atoms with Crippen molar-refractivity contribution in [1.82, 2.24) is 10.2 Å². The van der Waals surface area contributed by atoms with E-state index in [1.165, 1.54) is 16.7 Å². The Kier molecular flexibility index (Phi) is 9.16. The molecule has 2 aliphatic heterocycles. The number of carbonyl (C=O) groups excluding carboxylic acids is 3. The molecule has 212 valence electrons. The third kappa shape index (κ3) is 6.69. The summed E-state index contributed by atoms with van der Waals surface area (Å²) in [5, 5.41) is 2.43. The zero-order valence-electron chi connectivity index (χ0n) is 22.4. The van der Waals surface area contributed by atoms with E-state index in [1.54, 1.807) is 19.2 Å². The predicted octanol–water partition coefficient (Wildman–Crippen LogP) is 4.45. The lowest BCUT2D eigenvalue weighted by atomic mass is 10.0. The van der Waals surface area contributed by atoms with Crippen molar-refractivity contribution in [2.75, 3.05) is 19.5 Å². The van der Waals surface area contributed by atoms with Gasteiger partial charge < -0.3 is 19.5 Å². The standard InChI is InChI=1S/C31H29ClN2O6S/c1-38-24-11-9-22(10-12-24)17-40-31(37)28-23(18-39-25-13-7-21(16-32)8-14-25)19-41-30-27(29(36)34(28)30)33-26(35)15-20-5-3-2-4-6-20/h2-14,27,30H,15-19H2,1H3,(H,33,35). The van der Waals surface area contributed by atoms with Crippen molar-refractivity contribution in [3.63, 3.8) is 0 Å². The van der Waals surface area contributed by atoms with Crippen LogP contribution in [0.25, 0.3) is 0 Å². The van der Waals surface area contributed by atoms with Crippen LogP contribution < -0.4 is 14.8 Å². The summed E-state index contributed by atoms with van der Waals surface area (Å²) in [7, 11) is 1.58. The smallest absolute Gasteiger partial charge is 0.355 e. The Morgan fingerprint density at radius 3 is 2.29 bits per heavy atom. The average Bonchev–Trinajstić information content (AvgIpc) is 3.02. The van der Waals surface area contributed by atoms with Gasteiger partial charge in [0.2, 0.25) is 5.91 Å². The first-order valence-electron chi connectivity index (χ1n) is 13.0. The zero-order chi connectivity index (χ0) is 28.8. The minimum atomic E-state index is -0.730. The molecule has 10 heteroatoms. The summed E-state index contributed by atoms with van der Waals surface area (Å²) in [5.74, 6) is 0.913. The highest BCUT2D eigenvalue weighted by Crippen LogP contribution is 2.41. The third-order valence-corrected chi connectivity index (χ3v) is 8.43. The number of hydrogen-bond acceptors (Lipinski definition) is 7. The number of methoxy groups -OCH3 is 1. The van der Waals surface area contributed by atoms with E-state index in [9.17, 15) is 14.4 Å². The van der Waals surface area contributed by atoms with Crippen LogP contribution in [0.1, 0.15) is 16.7 Å². The molecule has 0 saturated carbocycles. The highest BCUT2D eigenvalue weighted by Gasteiger charge is 2.54. The van der Waals surface area contributed by atoms with Crippen LogP contribution in [0.4, 0.5) is 0 Å². The Labute approximate surface area is 247 Å². The Morgan fingerprint density at radius 1 is 0.927 bits per heavy atom. The summed E-state index contributed by atoms with van der Waals surface area (Å²) in [6, 6.07) is 23.1. The van der Waals surface area contributed by atoms with E-state index in [2.05, 4.69) is 5.32 Å². The largest absolute Gasteiger partial charge is 0.497 e. The van der Waals surface area contributed by atoms with Crippen LogP contribution in [-0.4, -0.2) is 53.6 Å². The number of amides is 2. The van der Waals surface area contributed by atoms with Gasteiger partial charge in [-0.3, -0.25) is 14.5 Å². The number of halogens is 1. The van der Waals surface area contributed by atoms with E-state index in [0.717, 1.165) is 16.7 Å². The molecule has 41 heavy (non-hydrogen) atoms. The molecule has 2 unspecified atom stereocenters. The normalized spacial score (nSPS) is 17.8. The minimum Gasteiger partial charge on any atom is -0.497 e. The van der Waals surface area contributed by atoms with Crippen LogP contribution in [0, 0.1) is 0 Å². The van der Waals surface area contributed by atoms with E-state index in [4.69, 9.17) is 25.8 Å². The maximum Gasteiger partial charge on any atom is 0.355 e. The van der Waals surface area contributed by atoms with Crippen LogP contribution in [0.2, 0.25) is 0 Å². The van der Waals surface area contributed by atoms with Gasteiger partial charge in [0.1, 0.15) is 41.8 Å². The van der Waals surface area contributed by atoms with Crippen LogP contribution in [-0.2, 0) is 38.0 Å². The molecule has 1 N–H and O–H groups in total. The summed E-state index contributed by atoms with van der Waals surface area (Å²) in [5.41, 5.74) is 3.39. The van der Waals surface area contributed by atoms with Gasteiger partial charge in [-0.05, 0) is 41.0 Å². The molecule has 0 bridgehead atoms. The number of esters is 1. The molecule has 2 atom stereocenters. The second-order valence-electron chi connectivity index (χ2n) is 9.56. The lowest BCUT2D eigenvalue weighted by Crippen LogP contribution is -2.70. The van der Waals surface area contributed by atoms with Crippen molar-refractivity contribution < 1.29 is 28.6 Å². The molecule has 0 aliphatic carbocycles. The monoisotopic (exact) mass is 592 g/mol. The van der Waals surface area contributed by atoms with Gasteiger partial charge in [-0.1, -0.05) is 54.6 Å². The molecule has 0 aromatic heterocycles. The number of ether oxygens (including phenoxy) is 3. The summed E-state index contributed by atoms with van der Waals surface area (Å²) in [6.45, 7) is 0.124. The van der Waals surface area contributed by atoms with E-state index < -0.39 is 17.4 Å². The molecule has 5 rings (SSSR count). The Hall–Kier alpha value is -3.95.